The smallest absolute Gasteiger partial charge is 0.270 e. The molecule has 7 heteroatoms. The Bertz CT molecular complexity index is 499. The number of hydrazone groups is 1. The molecule has 0 spiro atoms. The third kappa shape index (κ3) is 4.05. The first-order valence-corrected chi connectivity index (χ1v) is 7.73. The fraction of sp³-hybridized carbons (Fsp3) is 0.733. The molecule has 2 heterocycles. The maximum atomic E-state index is 12.3. The number of carbonyl (C=O) groups excluding carboxylic acids is 3. The van der Waals surface area contributed by atoms with Crippen LogP contribution in [0.5, 0.6) is 0 Å². The van der Waals surface area contributed by atoms with Crippen molar-refractivity contribution in [2.45, 2.75) is 52.5 Å². The lowest BCUT2D eigenvalue weighted by Crippen LogP contribution is -2.50. The highest BCUT2D eigenvalue weighted by Crippen LogP contribution is 2.17. The summed E-state index contributed by atoms with van der Waals surface area (Å²) >= 11 is 0. The molecule has 0 atom stereocenters. The molecule has 122 valence electrons. The van der Waals surface area contributed by atoms with Gasteiger partial charge in [-0.15, -0.1) is 0 Å². The molecule has 0 saturated carbocycles. The molecule has 0 aromatic carbocycles. The van der Waals surface area contributed by atoms with Crippen molar-refractivity contribution in [2.75, 3.05) is 13.1 Å². The van der Waals surface area contributed by atoms with E-state index in [1.54, 1.807) is 4.90 Å². The second-order valence-corrected chi connectivity index (χ2v) is 6.88. The van der Waals surface area contributed by atoms with Crippen LogP contribution in [0.2, 0.25) is 0 Å². The Morgan fingerprint density at radius 2 is 1.86 bits per heavy atom. The first kappa shape index (κ1) is 16.5. The molecule has 2 N–H and O–H groups in total. The van der Waals surface area contributed by atoms with E-state index in [0.717, 1.165) is 12.8 Å². The quantitative estimate of drug-likeness (QED) is 0.774. The zero-order valence-corrected chi connectivity index (χ0v) is 13.4. The van der Waals surface area contributed by atoms with Gasteiger partial charge in [-0.25, -0.2) is 5.43 Å². The number of rotatable bonds is 2. The predicted octanol–water partition coefficient (Wildman–Crippen LogP) is 0.406. The van der Waals surface area contributed by atoms with Crippen LogP contribution in [0.25, 0.3) is 0 Å². The average molecular weight is 308 g/mol. The molecular formula is C15H24N4O3. The van der Waals surface area contributed by atoms with Gasteiger partial charge in [0.1, 0.15) is 5.71 Å². The zero-order valence-electron chi connectivity index (χ0n) is 13.4. The number of hydrogen-bond acceptors (Lipinski definition) is 4. The summed E-state index contributed by atoms with van der Waals surface area (Å²) in [6.07, 6.45) is 2.19. The standard InChI is InChI=1S/C15H24N4O3/c1-15(2,3)14(22)16-10-6-8-19(9-7-10)13(21)11-4-5-12(20)18-17-11/h10H,4-9H2,1-3H3,(H,16,22)(H,18,20). The van der Waals surface area contributed by atoms with Gasteiger partial charge in [-0.1, -0.05) is 20.8 Å². The lowest BCUT2D eigenvalue weighted by molar-refractivity contribution is -0.130. The van der Waals surface area contributed by atoms with E-state index >= 15 is 0 Å². The highest BCUT2D eigenvalue weighted by Gasteiger charge is 2.30. The molecule has 7 nitrogen and oxygen atoms in total. The van der Waals surface area contributed by atoms with Gasteiger partial charge in [0.05, 0.1) is 0 Å². The van der Waals surface area contributed by atoms with E-state index in [1.165, 1.54) is 0 Å². The van der Waals surface area contributed by atoms with Crippen LogP contribution < -0.4 is 10.7 Å². The number of piperidine rings is 1. The van der Waals surface area contributed by atoms with Crippen LogP contribution in [0.3, 0.4) is 0 Å². The summed E-state index contributed by atoms with van der Waals surface area (Å²) in [4.78, 5) is 37.1. The minimum atomic E-state index is -0.401. The summed E-state index contributed by atoms with van der Waals surface area (Å²) in [5.74, 6) is -0.225. The Hall–Kier alpha value is -1.92. The molecule has 3 amide bonds. The summed E-state index contributed by atoms with van der Waals surface area (Å²) in [6.45, 7) is 6.85. The fourth-order valence-electron chi connectivity index (χ4n) is 2.44. The third-order valence-electron chi connectivity index (χ3n) is 3.95. The minimum absolute atomic E-state index is 0.0386. The molecule has 0 bridgehead atoms. The lowest BCUT2D eigenvalue weighted by Gasteiger charge is -2.34. The van der Waals surface area contributed by atoms with Crippen molar-refractivity contribution < 1.29 is 14.4 Å². The van der Waals surface area contributed by atoms with E-state index in [0.29, 0.717) is 31.6 Å². The van der Waals surface area contributed by atoms with E-state index in [2.05, 4.69) is 15.8 Å². The summed E-state index contributed by atoms with van der Waals surface area (Å²) < 4.78 is 0. The van der Waals surface area contributed by atoms with Crippen LogP contribution in [-0.2, 0) is 14.4 Å². The second-order valence-electron chi connectivity index (χ2n) is 6.88. The number of hydrogen-bond donors (Lipinski definition) is 2. The molecule has 1 saturated heterocycles. The van der Waals surface area contributed by atoms with Crippen molar-refractivity contribution in [3.63, 3.8) is 0 Å². The molecule has 2 aliphatic heterocycles. The van der Waals surface area contributed by atoms with Crippen LogP contribution in [0.4, 0.5) is 0 Å². The highest BCUT2D eigenvalue weighted by molar-refractivity contribution is 6.39. The van der Waals surface area contributed by atoms with Crippen LogP contribution >= 0.6 is 0 Å². The van der Waals surface area contributed by atoms with Gasteiger partial charge < -0.3 is 10.2 Å². The van der Waals surface area contributed by atoms with Gasteiger partial charge in [-0.2, -0.15) is 5.10 Å². The Morgan fingerprint density at radius 3 is 2.36 bits per heavy atom. The van der Waals surface area contributed by atoms with E-state index in [1.807, 2.05) is 20.8 Å². The molecule has 0 aromatic heterocycles. The summed E-state index contributed by atoms with van der Waals surface area (Å²) in [5.41, 5.74) is 2.36. The van der Waals surface area contributed by atoms with E-state index < -0.39 is 5.41 Å². The first-order valence-electron chi connectivity index (χ1n) is 7.73. The summed E-state index contributed by atoms with van der Waals surface area (Å²) in [7, 11) is 0. The van der Waals surface area contributed by atoms with Gasteiger partial charge in [0.2, 0.25) is 11.8 Å². The van der Waals surface area contributed by atoms with E-state index in [-0.39, 0.29) is 23.8 Å². The van der Waals surface area contributed by atoms with Gasteiger partial charge in [0.25, 0.3) is 5.91 Å². The average Bonchev–Trinajstić information content (AvgIpc) is 2.47. The van der Waals surface area contributed by atoms with Crippen molar-refractivity contribution in [3.05, 3.63) is 0 Å². The molecule has 0 radical (unpaired) electrons. The van der Waals surface area contributed by atoms with Gasteiger partial charge in [-0.05, 0) is 12.8 Å². The summed E-state index contributed by atoms with van der Waals surface area (Å²) in [5, 5.41) is 6.88. The van der Waals surface area contributed by atoms with Crippen LogP contribution in [-0.4, -0.2) is 47.5 Å². The molecular weight excluding hydrogens is 284 g/mol. The summed E-state index contributed by atoms with van der Waals surface area (Å²) in [6, 6.07) is 0.115. The molecule has 2 aliphatic rings. The number of carbonyl (C=O) groups is 3. The topological polar surface area (TPSA) is 90.9 Å². The molecule has 0 unspecified atom stereocenters. The normalized spacial score (nSPS) is 20.2. The maximum Gasteiger partial charge on any atom is 0.270 e. The minimum Gasteiger partial charge on any atom is -0.353 e. The molecule has 1 fully saturated rings. The number of nitrogens with zero attached hydrogens (tertiary/aromatic N) is 2. The largest absolute Gasteiger partial charge is 0.353 e. The van der Waals surface area contributed by atoms with Gasteiger partial charge in [0.15, 0.2) is 0 Å². The lowest BCUT2D eigenvalue weighted by atomic mass is 9.94. The number of likely N-dealkylation sites (tertiary alicyclic amines) is 1. The fourth-order valence-corrected chi connectivity index (χ4v) is 2.44. The van der Waals surface area contributed by atoms with Crippen LogP contribution in [0.15, 0.2) is 5.10 Å². The van der Waals surface area contributed by atoms with Crippen molar-refractivity contribution in [1.82, 2.24) is 15.6 Å². The zero-order chi connectivity index (χ0) is 16.3. The van der Waals surface area contributed by atoms with E-state index in [4.69, 9.17) is 0 Å². The van der Waals surface area contributed by atoms with Crippen molar-refractivity contribution >= 4 is 23.4 Å². The Balaban J connectivity index is 1.83. The predicted molar refractivity (Wildman–Crippen MR) is 82.0 cm³/mol. The molecule has 0 aliphatic carbocycles. The van der Waals surface area contributed by atoms with Crippen molar-refractivity contribution in [2.24, 2.45) is 10.5 Å². The van der Waals surface area contributed by atoms with Crippen LogP contribution in [0.1, 0.15) is 46.5 Å². The first-order chi connectivity index (χ1) is 10.3. The number of nitrogens with one attached hydrogen (secondary N) is 2. The van der Waals surface area contributed by atoms with Gasteiger partial charge in [-0.3, -0.25) is 14.4 Å². The third-order valence-corrected chi connectivity index (χ3v) is 3.95. The number of amides is 3. The van der Waals surface area contributed by atoms with Crippen molar-refractivity contribution in [3.8, 4) is 0 Å². The van der Waals surface area contributed by atoms with Gasteiger partial charge >= 0.3 is 0 Å². The van der Waals surface area contributed by atoms with E-state index in [9.17, 15) is 14.4 Å². The SMILES string of the molecule is CC(C)(C)C(=O)NC1CCN(C(=O)C2=NNC(=O)CC2)CC1. The molecule has 22 heavy (non-hydrogen) atoms. The molecule has 2 rings (SSSR count). The Kier molecular flexibility index (Phi) is 4.83. The maximum absolute atomic E-state index is 12.3. The highest BCUT2D eigenvalue weighted by atomic mass is 16.2. The molecule has 0 aromatic rings. The Labute approximate surface area is 130 Å². The van der Waals surface area contributed by atoms with Crippen LogP contribution in [0, 0.1) is 5.41 Å². The second kappa shape index (κ2) is 6.46. The Morgan fingerprint density at radius 1 is 1.23 bits per heavy atom. The monoisotopic (exact) mass is 308 g/mol. The van der Waals surface area contributed by atoms with Crippen molar-refractivity contribution in [1.29, 1.82) is 0 Å². The van der Waals surface area contributed by atoms with Gasteiger partial charge in [0, 0.05) is 37.4 Å².